The quantitative estimate of drug-likeness (QED) is 0.393. The molecule has 1 nitrogen and oxygen atoms in total. The summed E-state index contributed by atoms with van der Waals surface area (Å²) in [5, 5.41) is 4.88. The van der Waals surface area contributed by atoms with Crippen LogP contribution in [0.15, 0.2) is 0 Å². The second kappa shape index (κ2) is 3.96. The van der Waals surface area contributed by atoms with Gasteiger partial charge in [0.05, 0.1) is 0 Å². The van der Waals surface area contributed by atoms with Crippen LogP contribution >= 0.6 is 18.1 Å². The van der Waals surface area contributed by atoms with Crippen molar-refractivity contribution in [3.8, 4) is 0 Å². The number of hydrogen-bond acceptors (Lipinski definition) is 3. The lowest BCUT2D eigenvalue weighted by atomic mass is 14.0. The van der Waals surface area contributed by atoms with E-state index in [4.69, 9.17) is 5.14 Å². The molecule has 0 aliphatic heterocycles. The van der Waals surface area contributed by atoms with Crippen molar-refractivity contribution in [1.82, 2.24) is 0 Å². The van der Waals surface area contributed by atoms with Crippen molar-refractivity contribution in [2.24, 2.45) is 5.14 Å². The molecule has 0 amide bonds. The van der Waals surface area contributed by atoms with Crippen LogP contribution < -0.4 is 5.14 Å². The molecular weight excluding hydrogens is 109 g/mol. The molecule has 0 saturated heterocycles. The van der Waals surface area contributed by atoms with E-state index in [0.717, 1.165) is 0 Å². The molecule has 0 saturated carbocycles. The zero-order valence-corrected chi connectivity index (χ0v) is 4.76. The second-order valence-electron chi connectivity index (χ2n) is 0.232. The molecule has 0 heterocycles. The molecule has 0 aromatic rings. The Kier molecular flexibility index (Phi) is 4.91. The first kappa shape index (κ1) is 4.96. The highest BCUT2D eigenvalue weighted by molar-refractivity contribution is 8.57. The standard InChI is InChI=1S/H4NPS2/c1-4-2-3/h1-2H2. The third kappa shape index (κ3) is 2.96. The fourth-order valence-electron chi connectivity index (χ4n) is 0. The highest BCUT2D eigenvalue weighted by Crippen LogP contribution is 2.04. The smallest absolute Gasteiger partial charge is 0.00169 e. The summed E-state index contributed by atoms with van der Waals surface area (Å²) in [7, 11) is 0. The van der Waals surface area contributed by atoms with E-state index in [9.17, 15) is 0 Å². The molecule has 0 aromatic heterocycles. The van der Waals surface area contributed by atoms with Crippen molar-refractivity contribution in [3.63, 3.8) is 0 Å². The van der Waals surface area contributed by atoms with Gasteiger partial charge in [-0.3, -0.25) is 5.14 Å². The van der Waals surface area contributed by atoms with Crippen LogP contribution in [0.5, 0.6) is 0 Å². The van der Waals surface area contributed by atoms with E-state index in [0.29, 0.717) is 0 Å². The fraction of sp³-hybridized carbons (Fsp3) is 0. The van der Waals surface area contributed by atoms with Gasteiger partial charge in [0, 0.05) is 0 Å². The van der Waals surface area contributed by atoms with E-state index < -0.39 is 0 Å². The first-order valence-corrected chi connectivity index (χ1v) is 4.95. The van der Waals surface area contributed by atoms with Gasteiger partial charge in [-0.15, -0.1) is 0 Å². The average molecular weight is 113 g/mol. The number of nitrogens with two attached hydrogens (primary N) is 1. The molecule has 26 valence electrons. The van der Waals surface area contributed by atoms with Crippen LogP contribution in [0.2, 0.25) is 0 Å². The van der Waals surface area contributed by atoms with E-state index in [2.05, 4.69) is 11.8 Å². The SMILES string of the molecule is NS[PH2]=S. The van der Waals surface area contributed by atoms with Crippen molar-refractivity contribution in [1.29, 1.82) is 0 Å². The summed E-state index contributed by atoms with van der Waals surface area (Å²) >= 11 is 5.73. The normalized spacial score (nSPS) is 10.2. The minimum Gasteiger partial charge on any atom is -0.274 e. The number of hydrogen-bond donors (Lipinski definition) is 1. The summed E-state index contributed by atoms with van der Waals surface area (Å²) in [6.07, 6.45) is 0. The van der Waals surface area contributed by atoms with Gasteiger partial charge in [0.15, 0.2) is 0 Å². The lowest BCUT2D eigenvalue weighted by Crippen LogP contribution is -1.59. The van der Waals surface area contributed by atoms with Crippen LogP contribution in [-0.4, -0.2) is 0 Å². The zero-order valence-electron chi connectivity index (χ0n) is 1.97. The summed E-state index contributed by atoms with van der Waals surface area (Å²) in [5.41, 5.74) is 0. The van der Waals surface area contributed by atoms with Gasteiger partial charge >= 0.3 is 0 Å². The van der Waals surface area contributed by atoms with Crippen LogP contribution in [0.3, 0.4) is 0 Å². The Balaban J connectivity index is 2.30. The molecule has 4 heteroatoms. The molecule has 0 fully saturated rings. The molecule has 0 aliphatic rings. The maximum absolute atomic E-state index is 4.88. The summed E-state index contributed by atoms with van der Waals surface area (Å²) in [5.74, 6) is 0. The predicted molar refractivity (Wildman–Crippen MR) is 28.9 cm³/mol. The van der Waals surface area contributed by atoms with E-state index >= 15 is 0 Å². The van der Waals surface area contributed by atoms with E-state index in [-0.39, 0.29) is 6.56 Å². The van der Waals surface area contributed by atoms with E-state index in [1.807, 2.05) is 0 Å². The Morgan fingerprint density at radius 3 is 2.25 bits per heavy atom. The predicted octanol–water partition coefficient (Wildman–Crippen LogP) is 0.381. The molecule has 1 unspecified atom stereocenters. The lowest BCUT2D eigenvalue weighted by Gasteiger charge is -1.60. The fourth-order valence-corrected chi connectivity index (χ4v) is 0. The topological polar surface area (TPSA) is 26.0 Å². The van der Waals surface area contributed by atoms with Gasteiger partial charge < -0.3 is 0 Å². The Bertz CT molecular complexity index is 20.0. The molecule has 1 atom stereocenters. The molecule has 0 aromatic carbocycles. The Morgan fingerprint density at radius 1 is 2.00 bits per heavy atom. The van der Waals surface area contributed by atoms with Crippen molar-refractivity contribution in [3.05, 3.63) is 0 Å². The van der Waals surface area contributed by atoms with Gasteiger partial charge in [0.1, 0.15) is 0 Å². The molecule has 4 heavy (non-hydrogen) atoms. The van der Waals surface area contributed by atoms with Crippen LogP contribution in [0, 0.1) is 0 Å². The monoisotopic (exact) mass is 113 g/mol. The Hall–Kier alpha value is 0.960. The highest BCUT2D eigenvalue weighted by Gasteiger charge is 1.44. The van der Waals surface area contributed by atoms with Gasteiger partial charge in [0.2, 0.25) is 0 Å². The van der Waals surface area contributed by atoms with Gasteiger partial charge in [-0.05, 0) is 6.56 Å². The van der Waals surface area contributed by atoms with Gasteiger partial charge in [-0.25, -0.2) is 0 Å². The minimum absolute atomic E-state index is 0.0602. The van der Waals surface area contributed by atoms with Gasteiger partial charge in [-0.1, -0.05) is 23.4 Å². The van der Waals surface area contributed by atoms with Crippen LogP contribution in [0.25, 0.3) is 0 Å². The average Bonchev–Trinajstić information content (AvgIpc) is 1.37. The Labute approximate surface area is 35.7 Å². The van der Waals surface area contributed by atoms with E-state index in [1.54, 1.807) is 0 Å². The van der Waals surface area contributed by atoms with Crippen molar-refractivity contribution < 1.29 is 0 Å². The van der Waals surface area contributed by atoms with Gasteiger partial charge in [-0.2, -0.15) is 0 Å². The molecule has 0 bridgehead atoms. The molecule has 0 spiro atoms. The summed E-state index contributed by atoms with van der Waals surface area (Å²) in [6.45, 7) is 0.0602. The van der Waals surface area contributed by atoms with Gasteiger partial charge in [0.25, 0.3) is 0 Å². The minimum atomic E-state index is 0.0602. The molecule has 2 N–H and O–H groups in total. The number of rotatable bonds is 1. The Morgan fingerprint density at radius 2 is 2.25 bits per heavy atom. The first-order valence-electron chi connectivity index (χ1n) is 0.707. The summed E-state index contributed by atoms with van der Waals surface area (Å²) in [4.78, 5) is 0. The van der Waals surface area contributed by atoms with Crippen LogP contribution in [0.4, 0.5) is 0 Å². The summed E-state index contributed by atoms with van der Waals surface area (Å²) < 4.78 is 0. The highest BCUT2D eigenvalue weighted by atomic mass is 32.9. The van der Waals surface area contributed by atoms with E-state index in [1.165, 1.54) is 11.6 Å². The van der Waals surface area contributed by atoms with Crippen molar-refractivity contribution in [2.75, 3.05) is 0 Å². The lowest BCUT2D eigenvalue weighted by molar-refractivity contribution is 2.07. The largest absolute Gasteiger partial charge is 0.274 e. The second-order valence-corrected chi connectivity index (χ2v) is 3.82. The molecular formula is H4NPS2. The summed E-state index contributed by atoms with van der Waals surface area (Å²) in [6, 6.07) is 0. The first-order chi connectivity index (χ1) is 1.91. The van der Waals surface area contributed by atoms with Crippen molar-refractivity contribution >= 4 is 29.9 Å². The third-order valence-corrected chi connectivity index (χ3v) is 1.50. The van der Waals surface area contributed by atoms with Crippen molar-refractivity contribution in [2.45, 2.75) is 0 Å². The molecule has 0 radical (unpaired) electrons. The third-order valence-electron chi connectivity index (χ3n) is 0.0556. The maximum Gasteiger partial charge on any atom is -0.00169 e. The van der Waals surface area contributed by atoms with Crippen LogP contribution in [-0.2, 0) is 11.8 Å². The zero-order chi connectivity index (χ0) is 3.41. The molecule has 0 aliphatic carbocycles. The van der Waals surface area contributed by atoms with Crippen LogP contribution in [0.1, 0.15) is 0 Å². The molecule has 0 rings (SSSR count). The maximum atomic E-state index is 4.88.